The third-order valence-corrected chi connectivity index (χ3v) is 8.15. The second kappa shape index (κ2) is 12.0. The van der Waals surface area contributed by atoms with Crippen molar-refractivity contribution in [2.75, 3.05) is 32.8 Å². The molecule has 0 saturated carbocycles. The lowest BCUT2D eigenvalue weighted by Gasteiger charge is -2.28. The van der Waals surface area contributed by atoms with Gasteiger partial charge in [-0.15, -0.1) is 0 Å². The Labute approximate surface area is 219 Å². The molecule has 3 unspecified atom stereocenters. The summed E-state index contributed by atoms with van der Waals surface area (Å²) in [6.07, 6.45) is 2.78. The molecule has 0 radical (unpaired) electrons. The van der Waals surface area contributed by atoms with Crippen LogP contribution >= 0.6 is 0 Å². The van der Waals surface area contributed by atoms with Gasteiger partial charge in [0.2, 0.25) is 5.91 Å². The topological polar surface area (TPSA) is 109 Å². The number of fused-ring (bicyclic) bond motifs is 2. The van der Waals surface area contributed by atoms with Crippen LogP contribution in [-0.4, -0.2) is 69.4 Å². The first kappa shape index (κ1) is 25.6. The van der Waals surface area contributed by atoms with E-state index in [1.165, 1.54) is 0 Å². The highest BCUT2D eigenvalue weighted by Crippen LogP contribution is 2.20. The number of H-pyrrole nitrogens is 1. The van der Waals surface area contributed by atoms with Crippen molar-refractivity contribution in [2.24, 2.45) is 0 Å². The highest BCUT2D eigenvalue weighted by atomic mass is 32.2. The third-order valence-electron chi connectivity index (χ3n) is 6.83. The minimum atomic E-state index is -1.51. The first-order chi connectivity index (χ1) is 18.1. The monoisotopic (exact) mass is 519 g/mol. The number of amides is 1. The SMILES string of the molecule is O=C(NC(CO)Cc1c[nH]c2ccccc12)C(Cc1ccc2ccccc2c1)NS(=O)N1CCNCC1. The summed E-state index contributed by atoms with van der Waals surface area (Å²) in [5.74, 6) is -0.282. The van der Waals surface area contributed by atoms with Crippen LogP contribution in [0.25, 0.3) is 21.7 Å². The van der Waals surface area contributed by atoms with Crippen molar-refractivity contribution in [2.45, 2.75) is 24.9 Å². The Morgan fingerprint density at radius 2 is 1.76 bits per heavy atom. The van der Waals surface area contributed by atoms with Gasteiger partial charge < -0.3 is 20.7 Å². The number of aliphatic hydroxyl groups excluding tert-OH is 1. The van der Waals surface area contributed by atoms with Gasteiger partial charge in [-0.1, -0.05) is 60.7 Å². The van der Waals surface area contributed by atoms with Gasteiger partial charge in [0.25, 0.3) is 0 Å². The van der Waals surface area contributed by atoms with Crippen molar-refractivity contribution in [1.29, 1.82) is 0 Å². The molecule has 4 aromatic rings. The molecule has 3 aromatic carbocycles. The smallest absolute Gasteiger partial charge is 0.238 e. The second-order valence-electron chi connectivity index (χ2n) is 9.44. The van der Waals surface area contributed by atoms with Crippen LogP contribution in [-0.2, 0) is 28.8 Å². The van der Waals surface area contributed by atoms with Crippen LogP contribution in [0.3, 0.4) is 0 Å². The molecule has 37 heavy (non-hydrogen) atoms. The molecule has 1 saturated heterocycles. The normalized spacial score (nSPS) is 17.0. The lowest BCUT2D eigenvalue weighted by Crippen LogP contribution is -2.55. The van der Waals surface area contributed by atoms with Crippen LogP contribution in [0.5, 0.6) is 0 Å². The summed E-state index contributed by atoms with van der Waals surface area (Å²) >= 11 is -1.51. The molecule has 9 heteroatoms. The Balaban J connectivity index is 1.33. The standard InChI is InChI=1S/C28H33N5O3S/c34-19-24(17-23-18-30-26-8-4-3-7-25(23)26)31-28(35)27(32-37(36)33-13-11-29-12-14-33)16-20-9-10-21-5-1-2-6-22(21)15-20/h1-10,15,18,24,27,29-30,32,34H,11-14,16-17,19H2,(H,31,35). The van der Waals surface area contributed by atoms with Crippen molar-refractivity contribution >= 4 is 38.8 Å². The number of nitrogens with zero attached hydrogens (tertiary/aromatic N) is 1. The number of aromatic nitrogens is 1. The van der Waals surface area contributed by atoms with Gasteiger partial charge in [0.15, 0.2) is 11.2 Å². The average molecular weight is 520 g/mol. The van der Waals surface area contributed by atoms with Crippen molar-refractivity contribution in [3.63, 3.8) is 0 Å². The van der Waals surface area contributed by atoms with E-state index in [-0.39, 0.29) is 12.5 Å². The van der Waals surface area contributed by atoms with Gasteiger partial charge in [-0.25, -0.2) is 13.2 Å². The molecule has 1 aliphatic heterocycles. The molecule has 1 amide bonds. The van der Waals surface area contributed by atoms with Gasteiger partial charge in [0.1, 0.15) is 6.04 Å². The highest BCUT2D eigenvalue weighted by Gasteiger charge is 2.27. The number of nitrogens with one attached hydrogen (secondary N) is 4. The van der Waals surface area contributed by atoms with Crippen LogP contribution in [0.15, 0.2) is 72.9 Å². The van der Waals surface area contributed by atoms with E-state index in [9.17, 15) is 14.1 Å². The summed E-state index contributed by atoms with van der Waals surface area (Å²) in [7, 11) is 0. The molecule has 2 heterocycles. The van der Waals surface area contributed by atoms with E-state index < -0.39 is 23.3 Å². The summed E-state index contributed by atoms with van der Waals surface area (Å²) in [6, 6.07) is 21.0. The van der Waals surface area contributed by atoms with E-state index in [0.29, 0.717) is 25.9 Å². The van der Waals surface area contributed by atoms with Crippen molar-refractivity contribution in [3.05, 3.63) is 84.1 Å². The van der Waals surface area contributed by atoms with Crippen molar-refractivity contribution in [1.82, 2.24) is 24.6 Å². The minimum absolute atomic E-state index is 0.200. The molecule has 0 bridgehead atoms. The van der Waals surface area contributed by atoms with Gasteiger partial charge in [0, 0.05) is 43.3 Å². The predicted octanol–water partition coefficient (Wildman–Crippen LogP) is 2.03. The molecule has 1 aliphatic rings. The van der Waals surface area contributed by atoms with Gasteiger partial charge in [0.05, 0.1) is 12.6 Å². The summed E-state index contributed by atoms with van der Waals surface area (Å²) in [5.41, 5.74) is 3.02. The fourth-order valence-electron chi connectivity index (χ4n) is 4.82. The van der Waals surface area contributed by atoms with E-state index in [1.54, 1.807) is 0 Å². The van der Waals surface area contributed by atoms with E-state index in [4.69, 9.17) is 0 Å². The number of benzene rings is 3. The third kappa shape index (κ3) is 6.26. The maximum atomic E-state index is 13.5. The zero-order chi connectivity index (χ0) is 25.6. The van der Waals surface area contributed by atoms with Crippen LogP contribution in [0.4, 0.5) is 0 Å². The number of hydrogen-bond donors (Lipinski definition) is 5. The first-order valence-electron chi connectivity index (χ1n) is 12.7. The van der Waals surface area contributed by atoms with Crippen molar-refractivity contribution < 1.29 is 14.1 Å². The number of aromatic amines is 1. The number of hydrogen-bond acceptors (Lipinski definition) is 4. The molecule has 5 N–H and O–H groups in total. The number of rotatable bonds is 10. The molecular weight excluding hydrogens is 486 g/mol. The molecule has 1 fully saturated rings. The Bertz CT molecular complexity index is 1380. The van der Waals surface area contributed by atoms with Crippen LogP contribution < -0.4 is 15.4 Å². The van der Waals surface area contributed by atoms with Crippen LogP contribution in [0.2, 0.25) is 0 Å². The molecule has 5 rings (SSSR count). The average Bonchev–Trinajstić information content (AvgIpc) is 3.35. The quantitative estimate of drug-likeness (QED) is 0.221. The van der Waals surface area contributed by atoms with Crippen molar-refractivity contribution in [3.8, 4) is 0 Å². The molecule has 0 aliphatic carbocycles. The Morgan fingerprint density at radius 1 is 1.00 bits per heavy atom. The lowest BCUT2D eigenvalue weighted by molar-refractivity contribution is -0.123. The Hall–Kier alpha value is -3.08. The van der Waals surface area contributed by atoms with Gasteiger partial charge in [-0.3, -0.25) is 4.79 Å². The van der Waals surface area contributed by atoms with Crippen LogP contribution in [0, 0.1) is 0 Å². The number of piperazine rings is 1. The number of carbonyl (C=O) groups is 1. The molecule has 8 nitrogen and oxygen atoms in total. The van der Waals surface area contributed by atoms with E-state index in [0.717, 1.165) is 45.9 Å². The summed E-state index contributed by atoms with van der Waals surface area (Å²) in [5, 5.41) is 19.7. The second-order valence-corrected chi connectivity index (χ2v) is 10.7. The molecule has 1 aromatic heterocycles. The first-order valence-corrected chi connectivity index (χ1v) is 13.8. The van der Waals surface area contributed by atoms with E-state index in [1.807, 2.05) is 65.1 Å². The van der Waals surface area contributed by atoms with E-state index in [2.05, 4.69) is 32.5 Å². The molecular formula is C28H33N5O3S. The zero-order valence-electron chi connectivity index (χ0n) is 20.7. The lowest BCUT2D eigenvalue weighted by atomic mass is 10.0. The van der Waals surface area contributed by atoms with Gasteiger partial charge in [-0.05, 0) is 40.8 Å². The van der Waals surface area contributed by atoms with Gasteiger partial charge >= 0.3 is 0 Å². The predicted molar refractivity (Wildman–Crippen MR) is 148 cm³/mol. The largest absolute Gasteiger partial charge is 0.394 e. The van der Waals surface area contributed by atoms with Crippen LogP contribution in [0.1, 0.15) is 11.1 Å². The molecule has 0 spiro atoms. The maximum Gasteiger partial charge on any atom is 0.238 e. The number of aliphatic hydroxyl groups is 1. The number of carbonyl (C=O) groups excluding carboxylic acids is 1. The maximum absolute atomic E-state index is 13.5. The molecule has 194 valence electrons. The fourth-order valence-corrected chi connectivity index (χ4v) is 5.92. The van der Waals surface area contributed by atoms with E-state index >= 15 is 0 Å². The summed E-state index contributed by atoms with van der Waals surface area (Å²) < 4.78 is 18.0. The number of para-hydroxylation sites is 1. The highest BCUT2D eigenvalue weighted by molar-refractivity contribution is 7.80. The fraction of sp³-hybridized carbons (Fsp3) is 0.321. The van der Waals surface area contributed by atoms with Gasteiger partial charge in [-0.2, -0.15) is 0 Å². The zero-order valence-corrected chi connectivity index (χ0v) is 21.5. The Morgan fingerprint density at radius 3 is 2.57 bits per heavy atom. The Kier molecular flexibility index (Phi) is 8.28. The molecule has 3 atom stereocenters. The summed E-state index contributed by atoms with van der Waals surface area (Å²) in [6.45, 7) is 2.60. The minimum Gasteiger partial charge on any atom is -0.394 e. The summed E-state index contributed by atoms with van der Waals surface area (Å²) in [4.78, 5) is 16.8.